The zero-order chi connectivity index (χ0) is 12.4. The molecular weight excluding hydrogens is 198 g/mol. The molecule has 0 radical (unpaired) electrons. The van der Waals surface area contributed by atoms with Crippen molar-refractivity contribution < 1.29 is 0 Å². The highest BCUT2D eigenvalue weighted by Gasteiger charge is 2.05. The highest BCUT2D eigenvalue weighted by atomic mass is 15.2. The predicted molar refractivity (Wildman–Crippen MR) is 73.0 cm³/mol. The van der Waals surface area contributed by atoms with Crippen molar-refractivity contribution in [2.75, 3.05) is 53.4 Å². The number of hydrogen-bond acceptors (Lipinski definition) is 3. The molecule has 0 unspecified atom stereocenters. The molecule has 3 nitrogen and oxygen atoms in total. The quantitative estimate of drug-likeness (QED) is 0.570. The van der Waals surface area contributed by atoms with Gasteiger partial charge in [0.2, 0.25) is 0 Å². The first-order chi connectivity index (χ1) is 7.60. The predicted octanol–water partition coefficient (Wildman–Crippen LogP) is 1.43. The van der Waals surface area contributed by atoms with Crippen LogP contribution in [-0.4, -0.2) is 63.2 Å². The SMILES string of the molecule is C=C(CNCC)CN(CCC)CCN(C)C. The van der Waals surface area contributed by atoms with Gasteiger partial charge in [-0.1, -0.05) is 20.4 Å². The van der Waals surface area contributed by atoms with Crippen molar-refractivity contribution in [2.45, 2.75) is 20.3 Å². The van der Waals surface area contributed by atoms with Crippen molar-refractivity contribution in [1.82, 2.24) is 15.1 Å². The van der Waals surface area contributed by atoms with Crippen molar-refractivity contribution in [3.05, 3.63) is 12.2 Å². The van der Waals surface area contributed by atoms with E-state index in [1.54, 1.807) is 0 Å². The van der Waals surface area contributed by atoms with Gasteiger partial charge in [-0.25, -0.2) is 0 Å². The summed E-state index contributed by atoms with van der Waals surface area (Å²) in [6, 6.07) is 0. The van der Waals surface area contributed by atoms with Crippen LogP contribution in [0.1, 0.15) is 20.3 Å². The van der Waals surface area contributed by atoms with Crippen LogP contribution < -0.4 is 5.32 Å². The molecule has 0 aromatic carbocycles. The zero-order valence-electron chi connectivity index (χ0n) is 11.6. The molecule has 0 aromatic heterocycles. The molecule has 16 heavy (non-hydrogen) atoms. The second kappa shape index (κ2) is 9.82. The molecule has 3 heteroatoms. The normalized spacial score (nSPS) is 11.4. The van der Waals surface area contributed by atoms with E-state index in [0.29, 0.717) is 0 Å². The van der Waals surface area contributed by atoms with E-state index >= 15 is 0 Å². The molecule has 96 valence electrons. The number of hydrogen-bond donors (Lipinski definition) is 1. The minimum Gasteiger partial charge on any atom is -0.313 e. The second-order valence-corrected chi connectivity index (χ2v) is 4.61. The van der Waals surface area contributed by atoms with E-state index in [4.69, 9.17) is 0 Å². The topological polar surface area (TPSA) is 18.5 Å². The van der Waals surface area contributed by atoms with Crippen LogP contribution in [0.5, 0.6) is 0 Å². The molecule has 0 aliphatic heterocycles. The third-order valence-corrected chi connectivity index (χ3v) is 2.48. The van der Waals surface area contributed by atoms with Crippen molar-refractivity contribution in [2.24, 2.45) is 0 Å². The van der Waals surface area contributed by atoms with Gasteiger partial charge in [-0.2, -0.15) is 0 Å². The third-order valence-electron chi connectivity index (χ3n) is 2.48. The van der Waals surface area contributed by atoms with Crippen LogP contribution in [0.25, 0.3) is 0 Å². The maximum Gasteiger partial charge on any atom is 0.0203 e. The van der Waals surface area contributed by atoms with Gasteiger partial charge in [0.15, 0.2) is 0 Å². The van der Waals surface area contributed by atoms with Gasteiger partial charge in [-0.3, -0.25) is 4.90 Å². The summed E-state index contributed by atoms with van der Waals surface area (Å²) in [6.45, 7) is 14.9. The Labute approximate surface area is 101 Å². The Bertz CT molecular complexity index is 178. The summed E-state index contributed by atoms with van der Waals surface area (Å²) in [5, 5.41) is 3.32. The average Bonchev–Trinajstić information content (AvgIpc) is 2.23. The summed E-state index contributed by atoms with van der Waals surface area (Å²) in [5.41, 5.74) is 1.29. The smallest absolute Gasteiger partial charge is 0.0203 e. The van der Waals surface area contributed by atoms with E-state index in [9.17, 15) is 0 Å². The molecule has 0 saturated carbocycles. The van der Waals surface area contributed by atoms with Gasteiger partial charge in [-0.15, -0.1) is 0 Å². The number of nitrogens with zero attached hydrogens (tertiary/aromatic N) is 2. The molecule has 1 N–H and O–H groups in total. The Morgan fingerprint density at radius 1 is 1.12 bits per heavy atom. The molecule has 0 amide bonds. The number of rotatable bonds is 10. The van der Waals surface area contributed by atoms with Crippen LogP contribution >= 0.6 is 0 Å². The third kappa shape index (κ3) is 8.89. The van der Waals surface area contributed by atoms with Gasteiger partial charge in [0.05, 0.1) is 0 Å². The fraction of sp³-hybridized carbons (Fsp3) is 0.846. The molecule has 0 saturated heterocycles. The molecule has 0 spiro atoms. The first-order valence-corrected chi connectivity index (χ1v) is 6.34. The molecular formula is C13H29N3. The molecule has 0 heterocycles. The van der Waals surface area contributed by atoms with Gasteiger partial charge in [0, 0.05) is 26.2 Å². The fourth-order valence-electron chi connectivity index (χ4n) is 1.60. The lowest BCUT2D eigenvalue weighted by molar-refractivity contribution is 0.256. The summed E-state index contributed by atoms with van der Waals surface area (Å²) in [4.78, 5) is 4.72. The van der Waals surface area contributed by atoms with E-state index in [0.717, 1.165) is 32.7 Å². The highest BCUT2D eigenvalue weighted by Crippen LogP contribution is 1.98. The van der Waals surface area contributed by atoms with Crippen LogP contribution in [0, 0.1) is 0 Å². The summed E-state index contributed by atoms with van der Waals surface area (Å²) in [5.74, 6) is 0. The van der Waals surface area contributed by atoms with Crippen molar-refractivity contribution >= 4 is 0 Å². The Balaban J connectivity index is 3.86. The first-order valence-electron chi connectivity index (χ1n) is 6.34. The lowest BCUT2D eigenvalue weighted by Gasteiger charge is -2.24. The Morgan fingerprint density at radius 2 is 1.81 bits per heavy atom. The molecule has 0 atom stereocenters. The van der Waals surface area contributed by atoms with Crippen LogP contribution in [0.4, 0.5) is 0 Å². The minimum absolute atomic E-state index is 0.943. The standard InChI is InChI=1S/C13H29N3/c1-6-8-16(10-9-15(4)5)12-13(3)11-14-7-2/h14H,3,6-12H2,1-2,4-5H3. The van der Waals surface area contributed by atoms with E-state index in [-0.39, 0.29) is 0 Å². The average molecular weight is 227 g/mol. The van der Waals surface area contributed by atoms with E-state index in [2.05, 4.69) is 49.6 Å². The van der Waals surface area contributed by atoms with Gasteiger partial charge >= 0.3 is 0 Å². The van der Waals surface area contributed by atoms with Crippen LogP contribution in [0.15, 0.2) is 12.2 Å². The summed E-state index contributed by atoms with van der Waals surface area (Å²) >= 11 is 0. The largest absolute Gasteiger partial charge is 0.313 e. The molecule has 0 aliphatic rings. The Kier molecular flexibility index (Phi) is 9.59. The number of likely N-dealkylation sites (N-methyl/N-ethyl adjacent to an activating group) is 2. The van der Waals surface area contributed by atoms with E-state index in [1.807, 2.05) is 0 Å². The molecule has 0 fully saturated rings. The van der Waals surface area contributed by atoms with Gasteiger partial charge in [0.1, 0.15) is 0 Å². The summed E-state index contributed by atoms with van der Waals surface area (Å²) in [7, 11) is 4.25. The fourth-order valence-corrected chi connectivity index (χ4v) is 1.60. The van der Waals surface area contributed by atoms with Crippen molar-refractivity contribution in [1.29, 1.82) is 0 Å². The maximum atomic E-state index is 4.12. The zero-order valence-corrected chi connectivity index (χ0v) is 11.6. The minimum atomic E-state index is 0.943. The molecule has 0 bridgehead atoms. The van der Waals surface area contributed by atoms with E-state index in [1.165, 1.54) is 18.5 Å². The molecule has 0 rings (SSSR count). The van der Waals surface area contributed by atoms with Crippen LogP contribution in [-0.2, 0) is 0 Å². The Morgan fingerprint density at radius 3 is 2.31 bits per heavy atom. The summed E-state index contributed by atoms with van der Waals surface area (Å²) in [6.07, 6.45) is 1.21. The van der Waals surface area contributed by atoms with E-state index < -0.39 is 0 Å². The Hall–Kier alpha value is -0.380. The van der Waals surface area contributed by atoms with Gasteiger partial charge in [-0.05, 0) is 39.2 Å². The lowest BCUT2D eigenvalue weighted by atomic mass is 10.2. The molecule has 0 aromatic rings. The van der Waals surface area contributed by atoms with Gasteiger partial charge in [0.25, 0.3) is 0 Å². The van der Waals surface area contributed by atoms with Crippen molar-refractivity contribution in [3.63, 3.8) is 0 Å². The monoisotopic (exact) mass is 227 g/mol. The highest BCUT2D eigenvalue weighted by molar-refractivity contribution is 4.99. The van der Waals surface area contributed by atoms with Crippen molar-refractivity contribution in [3.8, 4) is 0 Å². The first kappa shape index (κ1) is 15.6. The summed E-state index contributed by atoms with van der Waals surface area (Å²) < 4.78 is 0. The van der Waals surface area contributed by atoms with Crippen LogP contribution in [0.3, 0.4) is 0 Å². The maximum absolute atomic E-state index is 4.12. The van der Waals surface area contributed by atoms with Crippen LogP contribution in [0.2, 0.25) is 0 Å². The van der Waals surface area contributed by atoms with Gasteiger partial charge < -0.3 is 10.2 Å². The second-order valence-electron chi connectivity index (χ2n) is 4.61. The lowest BCUT2D eigenvalue weighted by Crippen LogP contribution is -2.35. The number of nitrogens with one attached hydrogen (secondary N) is 1. The molecule has 0 aliphatic carbocycles.